The number of carbonyl (C=O) groups excluding carboxylic acids is 1. The summed E-state index contributed by atoms with van der Waals surface area (Å²) in [4.78, 5) is 13.1. The molecule has 0 aromatic heterocycles. The molecule has 4 nitrogen and oxygen atoms in total. The summed E-state index contributed by atoms with van der Waals surface area (Å²) in [5.74, 6) is 0.133. The Kier molecular flexibility index (Phi) is 4.79. The van der Waals surface area contributed by atoms with Crippen LogP contribution in [-0.4, -0.2) is 38.4 Å². The molecule has 1 aliphatic heterocycles. The van der Waals surface area contributed by atoms with Crippen molar-refractivity contribution in [2.75, 3.05) is 20.3 Å². The molecule has 0 unspecified atom stereocenters. The Morgan fingerprint density at radius 1 is 1.27 bits per heavy atom. The molecule has 0 bridgehead atoms. The maximum Gasteiger partial charge on any atom is 0.231 e. The van der Waals surface area contributed by atoms with Crippen molar-refractivity contribution in [3.8, 4) is 0 Å². The fourth-order valence-electron chi connectivity index (χ4n) is 3.82. The van der Waals surface area contributed by atoms with E-state index in [0.717, 1.165) is 37.7 Å². The summed E-state index contributed by atoms with van der Waals surface area (Å²) in [5, 5.41) is 3.21. The van der Waals surface area contributed by atoms with Crippen molar-refractivity contribution in [1.29, 1.82) is 0 Å². The molecule has 120 valence electrons. The highest BCUT2D eigenvalue weighted by atomic mass is 16.5. The minimum atomic E-state index is -0.378. The molecule has 1 saturated carbocycles. The van der Waals surface area contributed by atoms with Crippen LogP contribution in [0.2, 0.25) is 0 Å². The van der Waals surface area contributed by atoms with Crippen LogP contribution in [0.1, 0.15) is 37.7 Å². The van der Waals surface area contributed by atoms with Gasteiger partial charge in [0, 0.05) is 13.7 Å². The molecule has 2 atom stereocenters. The van der Waals surface area contributed by atoms with E-state index in [1.807, 2.05) is 18.2 Å². The molecular formula is C18H25NO3. The second-order valence-electron chi connectivity index (χ2n) is 6.37. The number of carbonyl (C=O) groups is 1. The van der Waals surface area contributed by atoms with Crippen molar-refractivity contribution >= 4 is 5.91 Å². The zero-order valence-electron chi connectivity index (χ0n) is 13.2. The summed E-state index contributed by atoms with van der Waals surface area (Å²) in [6, 6.07) is 10.1. The molecule has 1 saturated heterocycles. The van der Waals surface area contributed by atoms with Crippen molar-refractivity contribution in [1.82, 2.24) is 5.32 Å². The zero-order valence-corrected chi connectivity index (χ0v) is 13.2. The Balaban J connectivity index is 1.79. The van der Waals surface area contributed by atoms with Gasteiger partial charge in [-0.25, -0.2) is 0 Å². The minimum absolute atomic E-state index is 0.0481. The lowest BCUT2D eigenvalue weighted by molar-refractivity contribution is -0.130. The molecule has 2 aliphatic rings. The summed E-state index contributed by atoms with van der Waals surface area (Å²) in [6.07, 6.45) is 4.95. The highest BCUT2D eigenvalue weighted by molar-refractivity contribution is 5.88. The zero-order chi connectivity index (χ0) is 15.4. The summed E-state index contributed by atoms with van der Waals surface area (Å²) in [7, 11) is 1.71. The SMILES string of the molecule is CO[C@@H]1CCOC[C@H]1NC(=O)C1(c2ccccc2)CCCC1. The van der Waals surface area contributed by atoms with Gasteiger partial charge in [-0.1, -0.05) is 43.2 Å². The third-order valence-corrected chi connectivity index (χ3v) is 5.13. The van der Waals surface area contributed by atoms with E-state index in [-0.39, 0.29) is 23.5 Å². The van der Waals surface area contributed by atoms with Crippen molar-refractivity contribution in [2.45, 2.75) is 49.7 Å². The first kappa shape index (κ1) is 15.5. The molecule has 1 aliphatic carbocycles. The van der Waals surface area contributed by atoms with E-state index in [9.17, 15) is 4.79 Å². The van der Waals surface area contributed by atoms with Gasteiger partial charge in [-0.05, 0) is 24.8 Å². The van der Waals surface area contributed by atoms with E-state index in [2.05, 4.69) is 17.4 Å². The van der Waals surface area contributed by atoms with Gasteiger partial charge in [-0.15, -0.1) is 0 Å². The Hall–Kier alpha value is -1.39. The van der Waals surface area contributed by atoms with Gasteiger partial charge in [0.15, 0.2) is 0 Å². The summed E-state index contributed by atoms with van der Waals surface area (Å²) < 4.78 is 11.0. The van der Waals surface area contributed by atoms with Gasteiger partial charge in [-0.3, -0.25) is 4.79 Å². The Morgan fingerprint density at radius 3 is 2.68 bits per heavy atom. The molecule has 4 heteroatoms. The second kappa shape index (κ2) is 6.80. The van der Waals surface area contributed by atoms with Crippen LogP contribution in [0, 0.1) is 0 Å². The van der Waals surface area contributed by atoms with E-state index in [0.29, 0.717) is 13.2 Å². The number of nitrogens with one attached hydrogen (secondary N) is 1. The smallest absolute Gasteiger partial charge is 0.231 e. The van der Waals surface area contributed by atoms with Gasteiger partial charge >= 0.3 is 0 Å². The van der Waals surface area contributed by atoms with E-state index >= 15 is 0 Å². The third-order valence-electron chi connectivity index (χ3n) is 5.13. The number of rotatable bonds is 4. The van der Waals surface area contributed by atoms with Gasteiger partial charge in [0.25, 0.3) is 0 Å². The maximum absolute atomic E-state index is 13.1. The van der Waals surface area contributed by atoms with Crippen molar-refractivity contribution in [3.63, 3.8) is 0 Å². The average Bonchev–Trinajstić information content (AvgIpc) is 3.07. The predicted octanol–water partition coefficient (Wildman–Crippen LogP) is 2.42. The highest BCUT2D eigenvalue weighted by Crippen LogP contribution is 2.41. The monoisotopic (exact) mass is 303 g/mol. The topological polar surface area (TPSA) is 47.6 Å². The third kappa shape index (κ3) is 2.90. The van der Waals surface area contributed by atoms with Crippen LogP contribution < -0.4 is 5.32 Å². The van der Waals surface area contributed by atoms with E-state index in [4.69, 9.17) is 9.47 Å². The average molecular weight is 303 g/mol. The van der Waals surface area contributed by atoms with Crippen molar-refractivity contribution in [2.24, 2.45) is 0 Å². The Morgan fingerprint density at radius 2 is 2.00 bits per heavy atom. The quantitative estimate of drug-likeness (QED) is 0.929. The number of hydrogen-bond donors (Lipinski definition) is 1. The van der Waals surface area contributed by atoms with Crippen LogP contribution in [0.5, 0.6) is 0 Å². The highest BCUT2D eigenvalue weighted by Gasteiger charge is 2.44. The van der Waals surface area contributed by atoms with Gasteiger partial charge in [0.05, 0.1) is 24.2 Å². The first-order valence-corrected chi connectivity index (χ1v) is 8.23. The van der Waals surface area contributed by atoms with Crippen LogP contribution in [-0.2, 0) is 19.7 Å². The largest absolute Gasteiger partial charge is 0.379 e. The van der Waals surface area contributed by atoms with Crippen LogP contribution in [0.4, 0.5) is 0 Å². The standard InChI is InChI=1S/C18H25NO3/c1-21-16-9-12-22-13-15(16)19-17(20)18(10-5-6-11-18)14-7-3-2-4-8-14/h2-4,7-8,15-16H,5-6,9-13H2,1H3,(H,19,20)/t15-,16-/m1/s1. The summed E-state index contributed by atoms with van der Waals surface area (Å²) in [5.41, 5.74) is 0.757. The summed E-state index contributed by atoms with van der Waals surface area (Å²) in [6.45, 7) is 1.24. The molecule has 0 spiro atoms. The molecular weight excluding hydrogens is 278 g/mol. The van der Waals surface area contributed by atoms with Crippen molar-refractivity contribution < 1.29 is 14.3 Å². The maximum atomic E-state index is 13.1. The molecule has 3 rings (SSSR count). The molecule has 2 fully saturated rings. The predicted molar refractivity (Wildman–Crippen MR) is 84.8 cm³/mol. The first-order valence-electron chi connectivity index (χ1n) is 8.23. The van der Waals surface area contributed by atoms with E-state index < -0.39 is 0 Å². The van der Waals surface area contributed by atoms with Crippen LogP contribution >= 0.6 is 0 Å². The molecule has 22 heavy (non-hydrogen) atoms. The normalized spacial score (nSPS) is 27.5. The second-order valence-corrected chi connectivity index (χ2v) is 6.37. The molecule has 1 N–H and O–H groups in total. The fourth-order valence-corrected chi connectivity index (χ4v) is 3.82. The molecule has 1 amide bonds. The lowest BCUT2D eigenvalue weighted by atomic mass is 9.77. The number of amides is 1. The Bertz CT molecular complexity index is 496. The molecule has 1 aromatic rings. The Labute approximate surface area is 132 Å². The molecule has 0 radical (unpaired) electrons. The van der Waals surface area contributed by atoms with Crippen LogP contribution in [0.3, 0.4) is 0 Å². The fraction of sp³-hybridized carbons (Fsp3) is 0.611. The summed E-state index contributed by atoms with van der Waals surface area (Å²) >= 11 is 0. The number of ether oxygens (including phenoxy) is 2. The first-order chi connectivity index (χ1) is 10.8. The lowest BCUT2D eigenvalue weighted by Gasteiger charge is -2.35. The van der Waals surface area contributed by atoms with Crippen molar-refractivity contribution in [3.05, 3.63) is 35.9 Å². The van der Waals surface area contributed by atoms with Gasteiger partial charge in [-0.2, -0.15) is 0 Å². The van der Waals surface area contributed by atoms with Crippen LogP contribution in [0.15, 0.2) is 30.3 Å². The van der Waals surface area contributed by atoms with Gasteiger partial charge in [0.2, 0.25) is 5.91 Å². The number of benzene rings is 1. The van der Waals surface area contributed by atoms with Gasteiger partial charge < -0.3 is 14.8 Å². The lowest BCUT2D eigenvalue weighted by Crippen LogP contribution is -2.55. The van der Waals surface area contributed by atoms with E-state index in [1.54, 1.807) is 7.11 Å². The van der Waals surface area contributed by atoms with Gasteiger partial charge in [0.1, 0.15) is 0 Å². The van der Waals surface area contributed by atoms with Crippen LogP contribution in [0.25, 0.3) is 0 Å². The molecule has 1 heterocycles. The van der Waals surface area contributed by atoms with E-state index in [1.165, 1.54) is 0 Å². The number of hydrogen-bond acceptors (Lipinski definition) is 3. The molecule has 1 aromatic carbocycles. The number of methoxy groups -OCH3 is 1. The minimum Gasteiger partial charge on any atom is -0.379 e.